The minimum absolute atomic E-state index is 0.837. The summed E-state index contributed by atoms with van der Waals surface area (Å²) in [6.45, 7) is 5.53. The van der Waals surface area contributed by atoms with Crippen LogP contribution in [0.2, 0.25) is 0 Å². The lowest BCUT2D eigenvalue weighted by molar-refractivity contribution is 0.0342. The molecule has 0 aliphatic carbocycles. The van der Waals surface area contributed by atoms with Gasteiger partial charge in [-0.05, 0) is 5.56 Å². The van der Waals surface area contributed by atoms with E-state index in [-0.39, 0.29) is 0 Å². The van der Waals surface area contributed by atoms with Gasteiger partial charge in [-0.15, -0.1) is 0 Å². The molecule has 0 N–H and O–H groups in total. The summed E-state index contributed by atoms with van der Waals surface area (Å²) in [6, 6.07) is 10.4. The number of hydrogen-bond donors (Lipinski definition) is 0. The molecule has 1 aliphatic heterocycles. The van der Waals surface area contributed by atoms with Crippen molar-refractivity contribution in [2.75, 3.05) is 26.3 Å². The second-order valence-electron chi connectivity index (χ2n) is 4.92. The summed E-state index contributed by atoms with van der Waals surface area (Å²) in [5, 5.41) is 4.44. The van der Waals surface area contributed by atoms with E-state index in [1.165, 1.54) is 11.1 Å². The first-order valence-corrected chi connectivity index (χ1v) is 6.75. The predicted molar refractivity (Wildman–Crippen MR) is 73.9 cm³/mol. The van der Waals surface area contributed by atoms with Crippen LogP contribution in [0.15, 0.2) is 42.7 Å². The predicted octanol–water partition coefficient (Wildman–Crippen LogP) is 1.76. The molecule has 4 heteroatoms. The quantitative estimate of drug-likeness (QED) is 0.836. The van der Waals surface area contributed by atoms with Gasteiger partial charge in [-0.3, -0.25) is 9.58 Å². The van der Waals surface area contributed by atoms with Crippen molar-refractivity contribution in [2.24, 2.45) is 0 Å². The Morgan fingerprint density at radius 2 is 1.79 bits per heavy atom. The number of benzene rings is 1. The first-order valence-electron chi connectivity index (χ1n) is 6.75. The molecule has 1 fully saturated rings. The van der Waals surface area contributed by atoms with E-state index in [2.05, 4.69) is 40.5 Å². The molecule has 2 heterocycles. The van der Waals surface area contributed by atoms with Gasteiger partial charge in [0.15, 0.2) is 0 Å². The first-order chi connectivity index (χ1) is 9.40. The topological polar surface area (TPSA) is 30.3 Å². The average Bonchev–Trinajstić information content (AvgIpc) is 2.88. The lowest BCUT2D eigenvalue weighted by atomic mass is 10.2. The highest BCUT2D eigenvalue weighted by atomic mass is 16.5. The molecule has 0 atom stereocenters. The number of morpholine rings is 1. The zero-order valence-electron chi connectivity index (χ0n) is 11.0. The standard InChI is InChI=1S/C15H19N3O/c1-2-4-14(5-3-1)12-18-13-15(10-16-18)11-17-6-8-19-9-7-17/h1-5,10,13H,6-9,11-12H2. The van der Waals surface area contributed by atoms with Crippen LogP contribution in [-0.4, -0.2) is 41.0 Å². The normalized spacial score (nSPS) is 16.6. The molecule has 1 saturated heterocycles. The molecule has 2 aromatic rings. The fraction of sp³-hybridized carbons (Fsp3) is 0.400. The van der Waals surface area contributed by atoms with E-state index in [0.717, 1.165) is 39.4 Å². The summed E-state index contributed by atoms with van der Waals surface area (Å²) in [5.74, 6) is 0. The summed E-state index contributed by atoms with van der Waals surface area (Å²) in [4.78, 5) is 2.41. The maximum absolute atomic E-state index is 5.36. The van der Waals surface area contributed by atoms with E-state index in [1.54, 1.807) is 0 Å². The fourth-order valence-corrected chi connectivity index (χ4v) is 2.36. The minimum Gasteiger partial charge on any atom is -0.379 e. The van der Waals surface area contributed by atoms with Gasteiger partial charge in [-0.1, -0.05) is 30.3 Å². The average molecular weight is 257 g/mol. The van der Waals surface area contributed by atoms with Gasteiger partial charge < -0.3 is 4.74 Å². The first kappa shape index (κ1) is 12.4. The third-order valence-corrected chi connectivity index (χ3v) is 3.38. The largest absolute Gasteiger partial charge is 0.379 e. The van der Waals surface area contributed by atoms with Gasteiger partial charge in [0.2, 0.25) is 0 Å². The van der Waals surface area contributed by atoms with E-state index in [4.69, 9.17) is 4.74 Å². The minimum atomic E-state index is 0.837. The lowest BCUT2D eigenvalue weighted by Crippen LogP contribution is -2.35. The van der Waals surface area contributed by atoms with Crippen molar-refractivity contribution in [1.29, 1.82) is 0 Å². The molecule has 0 bridgehead atoms. The summed E-state index contributed by atoms with van der Waals surface area (Å²) < 4.78 is 7.36. The van der Waals surface area contributed by atoms with Gasteiger partial charge in [0, 0.05) is 31.4 Å². The second kappa shape index (κ2) is 5.99. The van der Waals surface area contributed by atoms with Crippen LogP contribution in [0.3, 0.4) is 0 Å². The molecule has 0 radical (unpaired) electrons. The van der Waals surface area contributed by atoms with Crippen molar-refractivity contribution in [3.05, 3.63) is 53.9 Å². The Morgan fingerprint density at radius 3 is 2.58 bits per heavy atom. The molecule has 4 nitrogen and oxygen atoms in total. The van der Waals surface area contributed by atoms with Gasteiger partial charge in [-0.25, -0.2) is 0 Å². The smallest absolute Gasteiger partial charge is 0.0659 e. The highest BCUT2D eigenvalue weighted by Gasteiger charge is 2.11. The van der Waals surface area contributed by atoms with Crippen LogP contribution < -0.4 is 0 Å². The summed E-state index contributed by atoms with van der Waals surface area (Å²) >= 11 is 0. The Hall–Kier alpha value is -1.65. The van der Waals surface area contributed by atoms with Crippen LogP contribution in [0.4, 0.5) is 0 Å². The van der Waals surface area contributed by atoms with Crippen LogP contribution in [0.25, 0.3) is 0 Å². The third kappa shape index (κ3) is 3.43. The Labute approximate surface area is 113 Å². The van der Waals surface area contributed by atoms with Crippen molar-refractivity contribution in [3.63, 3.8) is 0 Å². The fourth-order valence-electron chi connectivity index (χ4n) is 2.36. The molecule has 1 aromatic carbocycles. The second-order valence-corrected chi connectivity index (χ2v) is 4.92. The SMILES string of the molecule is c1ccc(Cn2cc(CN3CCOCC3)cn2)cc1. The van der Waals surface area contributed by atoms with E-state index < -0.39 is 0 Å². The monoisotopic (exact) mass is 257 g/mol. The number of nitrogens with zero attached hydrogens (tertiary/aromatic N) is 3. The van der Waals surface area contributed by atoms with Gasteiger partial charge in [0.05, 0.1) is 26.0 Å². The van der Waals surface area contributed by atoms with Crippen LogP contribution in [0.5, 0.6) is 0 Å². The molecule has 0 spiro atoms. The molecule has 1 aliphatic rings. The van der Waals surface area contributed by atoms with Crippen molar-refractivity contribution in [1.82, 2.24) is 14.7 Å². The molecular weight excluding hydrogens is 238 g/mol. The van der Waals surface area contributed by atoms with Crippen LogP contribution in [-0.2, 0) is 17.8 Å². The summed E-state index contributed by atoms with van der Waals surface area (Å²) in [6.07, 6.45) is 4.11. The molecule has 19 heavy (non-hydrogen) atoms. The Morgan fingerprint density at radius 1 is 1.00 bits per heavy atom. The Bertz CT molecular complexity index is 503. The van der Waals surface area contributed by atoms with Gasteiger partial charge in [-0.2, -0.15) is 5.10 Å². The molecule has 0 amide bonds. The molecule has 0 unspecified atom stereocenters. The maximum Gasteiger partial charge on any atom is 0.0659 e. The van der Waals surface area contributed by atoms with Crippen molar-refractivity contribution in [2.45, 2.75) is 13.1 Å². The number of rotatable bonds is 4. The van der Waals surface area contributed by atoms with E-state index in [1.807, 2.05) is 16.9 Å². The van der Waals surface area contributed by atoms with E-state index in [9.17, 15) is 0 Å². The Kier molecular flexibility index (Phi) is 3.91. The molecule has 0 saturated carbocycles. The van der Waals surface area contributed by atoms with Crippen molar-refractivity contribution < 1.29 is 4.74 Å². The van der Waals surface area contributed by atoms with Crippen molar-refractivity contribution >= 4 is 0 Å². The van der Waals surface area contributed by atoms with Crippen LogP contribution in [0.1, 0.15) is 11.1 Å². The molecule has 3 rings (SSSR count). The highest BCUT2D eigenvalue weighted by molar-refractivity contribution is 5.15. The summed E-state index contributed by atoms with van der Waals surface area (Å²) in [5.41, 5.74) is 2.56. The van der Waals surface area contributed by atoms with Crippen molar-refractivity contribution in [3.8, 4) is 0 Å². The van der Waals surface area contributed by atoms with Gasteiger partial charge in [0.1, 0.15) is 0 Å². The van der Waals surface area contributed by atoms with Crippen LogP contribution >= 0.6 is 0 Å². The summed E-state index contributed by atoms with van der Waals surface area (Å²) in [7, 11) is 0. The number of aromatic nitrogens is 2. The van der Waals surface area contributed by atoms with E-state index >= 15 is 0 Å². The van der Waals surface area contributed by atoms with E-state index in [0.29, 0.717) is 0 Å². The molecule has 100 valence electrons. The molecular formula is C15H19N3O. The maximum atomic E-state index is 5.36. The number of hydrogen-bond acceptors (Lipinski definition) is 3. The number of ether oxygens (including phenoxy) is 1. The lowest BCUT2D eigenvalue weighted by Gasteiger charge is -2.25. The van der Waals surface area contributed by atoms with Crippen LogP contribution in [0, 0.1) is 0 Å². The highest BCUT2D eigenvalue weighted by Crippen LogP contribution is 2.08. The molecule has 1 aromatic heterocycles. The zero-order chi connectivity index (χ0) is 12.9. The zero-order valence-corrected chi connectivity index (χ0v) is 11.0. The van der Waals surface area contributed by atoms with Gasteiger partial charge >= 0.3 is 0 Å². The van der Waals surface area contributed by atoms with Gasteiger partial charge in [0.25, 0.3) is 0 Å². The third-order valence-electron chi connectivity index (χ3n) is 3.38. The Balaban J connectivity index is 1.59.